The Hall–Kier alpha value is -2.24. The van der Waals surface area contributed by atoms with Gasteiger partial charge in [-0.2, -0.15) is 0 Å². The van der Waals surface area contributed by atoms with Crippen LogP contribution in [0.1, 0.15) is 23.1 Å². The molecule has 1 heterocycles. The Morgan fingerprint density at radius 3 is 2.57 bits per heavy atom. The zero-order valence-corrected chi connectivity index (χ0v) is 13.2. The first kappa shape index (κ1) is 15.6. The molecule has 23 heavy (non-hydrogen) atoms. The van der Waals surface area contributed by atoms with Crippen LogP contribution < -0.4 is 10.5 Å². The van der Waals surface area contributed by atoms with E-state index in [-0.39, 0.29) is 11.7 Å². The van der Waals surface area contributed by atoms with Gasteiger partial charge in [0.2, 0.25) is 0 Å². The Labute approximate surface area is 138 Å². The van der Waals surface area contributed by atoms with Crippen molar-refractivity contribution in [2.24, 2.45) is 5.73 Å². The van der Waals surface area contributed by atoms with E-state index < -0.39 is 6.04 Å². The molecule has 1 atom stereocenters. The Kier molecular flexibility index (Phi) is 4.41. The maximum Gasteiger partial charge on any atom is 0.144 e. The van der Waals surface area contributed by atoms with Crippen LogP contribution in [0.5, 0.6) is 5.75 Å². The minimum atomic E-state index is -0.518. The van der Waals surface area contributed by atoms with Crippen molar-refractivity contribution in [1.29, 1.82) is 0 Å². The van der Waals surface area contributed by atoms with Crippen molar-refractivity contribution < 1.29 is 9.13 Å². The average molecular weight is 332 g/mol. The zero-order chi connectivity index (χ0) is 16.4. The molecule has 0 aliphatic rings. The highest BCUT2D eigenvalue weighted by molar-refractivity contribution is 6.16. The Bertz CT molecular complexity index is 839. The van der Waals surface area contributed by atoms with Crippen molar-refractivity contribution in [3.05, 3.63) is 65.4 Å². The first-order valence-electron chi connectivity index (χ1n) is 7.04. The van der Waals surface area contributed by atoms with Gasteiger partial charge in [-0.05, 0) is 35.9 Å². The zero-order valence-electron chi connectivity index (χ0n) is 12.5. The normalized spacial score (nSPS) is 12.3. The number of methoxy groups -OCH3 is 1. The summed E-state index contributed by atoms with van der Waals surface area (Å²) in [6, 6.07) is 11.2. The molecule has 4 nitrogen and oxygen atoms in total. The van der Waals surface area contributed by atoms with E-state index in [1.165, 1.54) is 12.1 Å². The van der Waals surface area contributed by atoms with Crippen LogP contribution in [0.15, 0.2) is 42.5 Å². The second kappa shape index (κ2) is 6.48. The fourth-order valence-electron chi connectivity index (χ4n) is 2.44. The van der Waals surface area contributed by atoms with E-state index >= 15 is 0 Å². The predicted octanol–water partition coefficient (Wildman–Crippen LogP) is 3.56. The molecule has 0 spiro atoms. The minimum absolute atomic E-state index is 0.162. The fourth-order valence-corrected chi connectivity index (χ4v) is 2.56. The van der Waals surface area contributed by atoms with Crippen molar-refractivity contribution in [1.82, 2.24) is 9.97 Å². The van der Waals surface area contributed by atoms with E-state index in [1.807, 2.05) is 24.3 Å². The van der Waals surface area contributed by atoms with E-state index in [4.69, 9.17) is 22.1 Å². The summed E-state index contributed by atoms with van der Waals surface area (Å²) in [6.45, 7) is 0. The summed E-state index contributed by atoms with van der Waals surface area (Å²) in [7, 11) is 1.60. The lowest BCUT2D eigenvalue weighted by atomic mass is 10.0. The van der Waals surface area contributed by atoms with Crippen LogP contribution in [0.2, 0.25) is 0 Å². The number of nitrogens with two attached hydrogens (primary N) is 1. The third kappa shape index (κ3) is 3.11. The average Bonchev–Trinajstić information content (AvgIpc) is 2.60. The highest BCUT2D eigenvalue weighted by atomic mass is 35.5. The van der Waals surface area contributed by atoms with Crippen LogP contribution in [-0.4, -0.2) is 17.1 Å². The topological polar surface area (TPSA) is 61.0 Å². The van der Waals surface area contributed by atoms with Gasteiger partial charge in [0, 0.05) is 5.39 Å². The van der Waals surface area contributed by atoms with E-state index in [9.17, 15) is 4.39 Å². The molecule has 0 bridgehead atoms. The van der Waals surface area contributed by atoms with Gasteiger partial charge in [0.25, 0.3) is 0 Å². The molecule has 0 saturated carbocycles. The second-order valence-electron chi connectivity index (χ2n) is 5.07. The molecule has 2 aromatic carbocycles. The lowest BCUT2D eigenvalue weighted by Gasteiger charge is -2.15. The number of hydrogen-bond acceptors (Lipinski definition) is 4. The second-order valence-corrected chi connectivity index (χ2v) is 5.34. The van der Waals surface area contributed by atoms with Crippen LogP contribution >= 0.6 is 11.6 Å². The van der Waals surface area contributed by atoms with Gasteiger partial charge in [-0.25, -0.2) is 14.4 Å². The number of alkyl halides is 1. The maximum atomic E-state index is 13.6. The summed E-state index contributed by atoms with van der Waals surface area (Å²) in [6.07, 6.45) is 0. The predicted molar refractivity (Wildman–Crippen MR) is 88.1 cm³/mol. The third-order valence-corrected chi connectivity index (χ3v) is 3.86. The molecule has 1 unspecified atom stereocenters. The minimum Gasteiger partial charge on any atom is -0.497 e. The molecule has 0 radical (unpaired) electrons. The van der Waals surface area contributed by atoms with Gasteiger partial charge < -0.3 is 10.5 Å². The summed E-state index contributed by atoms with van der Waals surface area (Å²) in [5.74, 6) is 1.00. The standard InChI is InChI=1S/C17H15ClFN3O/c1-23-12-5-2-10(3-6-12)16(20)17-13-8-11(19)4-7-14(13)21-15(9-18)22-17/h2-8,16H,9,20H2,1H3. The molecule has 3 aromatic rings. The van der Waals surface area contributed by atoms with E-state index in [2.05, 4.69) is 9.97 Å². The van der Waals surface area contributed by atoms with Crippen molar-refractivity contribution in [2.75, 3.05) is 7.11 Å². The Morgan fingerprint density at radius 2 is 1.91 bits per heavy atom. The number of ether oxygens (including phenoxy) is 1. The van der Waals surface area contributed by atoms with Gasteiger partial charge in [0.05, 0.1) is 30.2 Å². The number of rotatable bonds is 4. The SMILES string of the molecule is COc1ccc(C(N)c2nc(CCl)nc3ccc(F)cc23)cc1. The molecule has 0 aliphatic heterocycles. The van der Waals surface area contributed by atoms with Gasteiger partial charge in [-0.1, -0.05) is 12.1 Å². The van der Waals surface area contributed by atoms with Gasteiger partial charge in [0.1, 0.15) is 17.4 Å². The molecule has 3 rings (SSSR count). The van der Waals surface area contributed by atoms with Gasteiger partial charge >= 0.3 is 0 Å². The molecule has 6 heteroatoms. The van der Waals surface area contributed by atoms with E-state index in [1.54, 1.807) is 13.2 Å². The first-order valence-corrected chi connectivity index (χ1v) is 7.57. The van der Waals surface area contributed by atoms with E-state index in [0.29, 0.717) is 22.4 Å². The molecule has 0 aliphatic carbocycles. The van der Waals surface area contributed by atoms with Gasteiger partial charge in [-0.15, -0.1) is 11.6 Å². The van der Waals surface area contributed by atoms with Crippen molar-refractivity contribution in [3.8, 4) is 5.75 Å². The van der Waals surface area contributed by atoms with Crippen LogP contribution in [0.4, 0.5) is 4.39 Å². The molecular formula is C17H15ClFN3O. The van der Waals surface area contributed by atoms with Gasteiger partial charge in [-0.3, -0.25) is 0 Å². The summed E-state index contributed by atoms with van der Waals surface area (Å²) < 4.78 is 18.8. The first-order chi connectivity index (χ1) is 11.1. The molecule has 0 fully saturated rings. The summed E-state index contributed by atoms with van der Waals surface area (Å²) in [5, 5.41) is 0.585. The monoisotopic (exact) mass is 331 g/mol. The third-order valence-electron chi connectivity index (χ3n) is 3.62. The number of fused-ring (bicyclic) bond motifs is 1. The highest BCUT2D eigenvalue weighted by Crippen LogP contribution is 2.27. The molecular weight excluding hydrogens is 317 g/mol. The summed E-state index contributed by atoms with van der Waals surface area (Å²) in [5.41, 5.74) is 8.37. The maximum absolute atomic E-state index is 13.6. The van der Waals surface area contributed by atoms with Crippen molar-refractivity contribution in [2.45, 2.75) is 11.9 Å². The number of aromatic nitrogens is 2. The van der Waals surface area contributed by atoms with Crippen LogP contribution in [0, 0.1) is 5.82 Å². The summed E-state index contributed by atoms with van der Waals surface area (Å²) in [4.78, 5) is 8.73. The van der Waals surface area contributed by atoms with E-state index in [0.717, 1.165) is 11.3 Å². The molecule has 0 saturated heterocycles. The van der Waals surface area contributed by atoms with Crippen molar-refractivity contribution >= 4 is 22.5 Å². The molecule has 1 aromatic heterocycles. The fraction of sp³-hybridized carbons (Fsp3) is 0.176. The van der Waals surface area contributed by atoms with Crippen LogP contribution in [0.25, 0.3) is 10.9 Å². The van der Waals surface area contributed by atoms with Crippen LogP contribution in [0.3, 0.4) is 0 Å². The number of halogens is 2. The smallest absolute Gasteiger partial charge is 0.144 e. The highest BCUT2D eigenvalue weighted by Gasteiger charge is 2.17. The Balaban J connectivity index is 2.14. The summed E-state index contributed by atoms with van der Waals surface area (Å²) >= 11 is 5.86. The molecule has 0 amide bonds. The Morgan fingerprint density at radius 1 is 1.17 bits per heavy atom. The number of hydrogen-bond donors (Lipinski definition) is 1. The quantitative estimate of drug-likeness (QED) is 0.742. The van der Waals surface area contributed by atoms with Gasteiger partial charge in [0.15, 0.2) is 0 Å². The number of nitrogens with zero attached hydrogens (tertiary/aromatic N) is 2. The van der Waals surface area contributed by atoms with Crippen LogP contribution in [-0.2, 0) is 5.88 Å². The lowest BCUT2D eigenvalue weighted by Crippen LogP contribution is -2.15. The van der Waals surface area contributed by atoms with Crippen molar-refractivity contribution in [3.63, 3.8) is 0 Å². The molecule has 2 N–H and O–H groups in total. The molecule has 118 valence electrons. The largest absolute Gasteiger partial charge is 0.497 e. The lowest BCUT2D eigenvalue weighted by molar-refractivity contribution is 0.414. The number of benzene rings is 2.